The van der Waals surface area contributed by atoms with Crippen molar-refractivity contribution < 1.29 is 19.1 Å². The van der Waals surface area contributed by atoms with Gasteiger partial charge in [0.2, 0.25) is 0 Å². The van der Waals surface area contributed by atoms with Gasteiger partial charge in [-0.3, -0.25) is 9.59 Å². The third-order valence-corrected chi connectivity index (χ3v) is 4.42. The van der Waals surface area contributed by atoms with Gasteiger partial charge >= 0.3 is 0 Å². The zero-order valence-electron chi connectivity index (χ0n) is 17.8. The number of carbonyl (C=O) groups is 2. The number of rotatable bonds is 9. The first-order valence-electron chi connectivity index (χ1n) is 9.88. The first-order valence-corrected chi connectivity index (χ1v) is 9.88. The fourth-order valence-corrected chi connectivity index (χ4v) is 2.91. The van der Waals surface area contributed by atoms with E-state index in [9.17, 15) is 9.59 Å². The second kappa shape index (κ2) is 10.6. The van der Waals surface area contributed by atoms with E-state index in [1.165, 1.54) is 0 Å². The molecule has 32 heavy (non-hydrogen) atoms. The molecule has 164 valence electrons. The summed E-state index contributed by atoms with van der Waals surface area (Å²) >= 11 is 0. The van der Waals surface area contributed by atoms with Crippen LogP contribution in [-0.4, -0.2) is 35.3 Å². The second-order valence-electron chi connectivity index (χ2n) is 6.85. The molecule has 0 aliphatic rings. The topological polar surface area (TPSA) is 118 Å². The lowest BCUT2D eigenvalue weighted by Crippen LogP contribution is -2.20. The van der Waals surface area contributed by atoms with Gasteiger partial charge in [0.05, 0.1) is 31.8 Å². The number of benzene rings is 2. The van der Waals surface area contributed by atoms with Crippen molar-refractivity contribution >= 4 is 23.3 Å². The van der Waals surface area contributed by atoms with Gasteiger partial charge < -0.3 is 20.1 Å². The highest BCUT2D eigenvalue weighted by atomic mass is 16.5. The highest BCUT2D eigenvalue weighted by Crippen LogP contribution is 2.18. The molecule has 0 atom stereocenters. The van der Waals surface area contributed by atoms with Crippen LogP contribution in [0.15, 0.2) is 54.6 Å². The lowest BCUT2D eigenvalue weighted by Gasteiger charge is -2.10. The smallest absolute Gasteiger partial charge is 0.262 e. The third-order valence-electron chi connectivity index (χ3n) is 4.42. The molecular weight excluding hydrogens is 410 g/mol. The Morgan fingerprint density at radius 2 is 1.88 bits per heavy atom. The molecule has 3 aromatic rings. The molecule has 0 spiro atoms. The zero-order chi connectivity index (χ0) is 22.9. The van der Waals surface area contributed by atoms with Gasteiger partial charge in [-0.1, -0.05) is 6.07 Å². The van der Waals surface area contributed by atoms with Crippen LogP contribution in [0.4, 0.5) is 11.5 Å². The van der Waals surface area contributed by atoms with Gasteiger partial charge in [-0.2, -0.15) is 10.4 Å². The molecule has 3 rings (SSSR count). The zero-order valence-corrected chi connectivity index (χ0v) is 17.8. The van der Waals surface area contributed by atoms with Gasteiger partial charge in [0.1, 0.15) is 17.3 Å². The number of anilines is 2. The van der Waals surface area contributed by atoms with Crippen LogP contribution in [0.3, 0.4) is 0 Å². The summed E-state index contributed by atoms with van der Waals surface area (Å²) in [5, 5.41) is 18.6. The number of hydrogen-bond acceptors (Lipinski definition) is 6. The predicted molar refractivity (Wildman–Crippen MR) is 119 cm³/mol. The van der Waals surface area contributed by atoms with Gasteiger partial charge in [0.15, 0.2) is 6.61 Å². The van der Waals surface area contributed by atoms with Crippen LogP contribution >= 0.6 is 0 Å². The maximum atomic E-state index is 12.5. The summed E-state index contributed by atoms with van der Waals surface area (Å²) < 4.78 is 12.2. The van der Waals surface area contributed by atoms with Crippen molar-refractivity contribution in [3.8, 4) is 17.6 Å². The Morgan fingerprint density at radius 1 is 1.09 bits per heavy atom. The van der Waals surface area contributed by atoms with Gasteiger partial charge in [-0.05, 0) is 43.3 Å². The van der Waals surface area contributed by atoms with Crippen LogP contribution in [-0.2, 0) is 11.3 Å². The SMILES string of the molecule is COc1cccc(NC(=O)COc2ccc(C(=O)Nc3cc(C)nn3CCC#N)cc2)c1. The largest absolute Gasteiger partial charge is 0.497 e. The molecule has 1 heterocycles. The van der Waals surface area contributed by atoms with Crippen LogP contribution < -0.4 is 20.1 Å². The van der Waals surface area contributed by atoms with Crippen LogP contribution in [0, 0.1) is 18.3 Å². The summed E-state index contributed by atoms with van der Waals surface area (Å²) in [6.07, 6.45) is 0.293. The van der Waals surface area contributed by atoms with E-state index in [0.29, 0.717) is 41.5 Å². The highest BCUT2D eigenvalue weighted by Gasteiger charge is 2.12. The van der Waals surface area contributed by atoms with Gasteiger partial charge in [-0.25, -0.2) is 4.68 Å². The molecule has 0 unspecified atom stereocenters. The summed E-state index contributed by atoms with van der Waals surface area (Å²) in [6, 6.07) is 17.3. The van der Waals surface area contributed by atoms with Crippen molar-refractivity contribution in [2.24, 2.45) is 0 Å². The van der Waals surface area contributed by atoms with Gasteiger partial charge in [0, 0.05) is 23.4 Å². The van der Waals surface area contributed by atoms with E-state index in [1.807, 2.05) is 6.92 Å². The molecule has 0 radical (unpaired) electrons. The number of methoxy groups -OCH3 is 1. The van der Waals surface area contributed by atoms with Gasteiger partial charge in [-0.15, -0.1) is 0 Å². The van der Waals surface area contributed by atoms with E-state index >= 15 is 0 Å². The van der Waals surface area contributed by atoms with Crippen LogP contribution in [0.2, 0.25) is 0 Å². The van der Waals surface area contributed by atoms with E-state index < -0.39 is 0 Å². The molecule has 0 bridgehead atoms. The number of hydrogen-bond donors (Lipinski definition) is 2. The van der Waals surface area contributed by atoms with E-state index in [4.69, 9.17) is 14.7 Å². The number of nitrogens with one attached hydrogen (secondary N) is 2. The van der Waals surface area contributed by atoms with Crippen LogP contribution in [0.5, 0.6) is 11.5 Å². The first kappa shape index (κ1) is 22.4. The minimum Gasteiger partial charge on any atom is -0.497 e. The summed E-state index contributed by atoms with van der Waals surface area (Å²) in [5.41, 5.74) is 1.77. The van der Waals surface area contributed by atoms with Crippen molar-refractivity contribution in [1.29, 1.82) is 5.26 Å². The lowest BCUT2D eigenvalue weighted by molar-refractivity contribution is -0.118. The Labute approximate surface area is 185 Å². The molecule has 9 nitrogen and oxygen atoms in total. The first-order chi connectivity index (χ1) is 15.5. The maximum absolute atomic E-state index is 12.5. The van der Waals surface area contributed by atoms with E-state index in [1.54, 1.807) is 66.4 Å². The average molecular weight is 433 g/mol. The van der Waals surface area contributed by atoms with E-state index in [0.717, 1.165) is 5.69 Å². The summed E-state index contributed by atoms with van der Waals surface area (Å²) in [4.78, 5) is 24.7. The third kappa shape index (κ3) is 6.09. The summed E-state index contributed by atoms with van der Waals surface area (Å²) in [7, 11) is 1.55. The van der Waals surface area contributed by atoms with Crippen LogP contribution in [0.25, 0.3) is 0 Å². The van der Waals surface area contributed by atoms with E-state index in [-0.39, 0.29) is 18.4 Å². The Morgan fingerprint density at radius 3 is 2.59 bits per heavy atom. The summed E-state index contributed by atoms with van der Waals surface area (Å²) in [6.45, 7) is 2.03. The molecule has 0 saturated heterocycles. The number of amides is 2. The molecule has 0 fully saturated rings. The minimum atomic E-state index is -0.318. The molecule has 0 saturated carbocycles. The predicted octanol–water partition coefficient (Wildman–Crippen LogP) is 3.38. The number of nitriles is 1. The number of aryl methyl sites for hydroxylation is 2. The normalized spacial score (nSPS) is 10.2. The Bertz CT molecular complexity index is 1130. The number of nitrogens with zero attached hydrogens (tertiary/aromatic N) is 3. The fourth-order valence-electron chi connectivity index (χ4n) is 2.91. The number of ether oxygens (including phenoxy) is 2. The molecule has 2 aromatic carbocycles. The quantitative estimate of drug-likeness (QED) is 0.534. The molecular formula is C23H23N5O4. The van der Waals surface area contributed by atoms with Crippen molar-refractivity contribution in [3.63, 3.8) is 0 Å². The van der Waals surface area contributed by atoms with E-state index in [2.05, 4.69) is 21.8 Å². The van der Waals surface area contributed by atoms with Gasteiger partial charge in [0.25, 0.3) is 11.8 Å². The molecule has 0 aliphatic heterocycles. The second-order valence-corrected chi connectivity index (χ2v) is 6.85. The monoisotopic (exact) mass is 433 g/mol. The summed E-state index contributed by atoms with van der Waals surface area (Å²) in [5.74, 6) is 0.988. The number of carbonyl (C=O) groups excluding carboxylic acids is 2. The Kier molecular flexibility index (Phi) is 7.43. The standard InChI is InChI=1S/C23H23N5O4/c1-16-13-21(28(27-16)12-4-11-24)26-23(30)17-7-9-19(10-8-17)32-15-22(29)25-18-5-3-6-20(14-18)31-2/h3,5-10,13-14H,4,12,15H2,1-2H3,(H,25,29)(H,26,30). The minimum absolute atomic E-state index is 0.180. The van der Waals surface area contributed by atoms with Crippen molar-refractivity contribution in [2.75, 3.05) is 24.4 Å². The molecule has 2 amide bonds. The molecule has 9 heteroatoms. The van der Waals surface area contributed by atoms with Crippen LogP contribution in [0.1, 0.15) is 22.5 Å². The molecule has 0 aliphatic carbocycles. The van der Waals surface area contributed by atoms with Crippen molar-refractivity contribution in [2.45, 2.75) is 19.9 Å². The van der Waals surface area contributed by atoms with Crippen molar-refractivity contribution in [3.05, 3.63) is 65.9 Å². The highest BCUT2D eigenvalue weighted by molar-refractivity contribution is 6.03. The molecule has 1 aromatic heterocycles. The fraction of sp³-hybridized carbons (Fsp3) is 0.217. The van der Waals surface area contributed by atoms with Crippen molar-refractivity contribution in [1.82, 2.24) is 9.78 Å². The molecule has 2 N–H and O–H groups in total. The average Bonchev–Trinajstić information content (AvgIpc) is 3.15. The Balaban J connectivity index is 1.54. The lowest BCUT2D eigenvalue weighted by atomic mass is 10.2. The maximum Gasteiger partial charge on any atom is 0.262 e. The Hall–Kier alpha value is -4.32. The number of aromatic nitrogens is 2.